The molecule has 0 amide bonds. The van der Waals surface area contributed by atoms with Gasteiger partial charge in [0.15, 0.2) is 5.78 Å². The number of rotatable bonds is 4. The van der Waals surface area contributed by atoms with Gasteiger partial charge in [-0.15, -0.1) is 0 Å². The molecule has 0 saturated heterocycles. The van der Waals surface area contributed by atoms with Crippen molar-refractivity contribution in [2.75, 3.05) is 6.61 Å². The number of allylic oxidation sites excluding steroid dienone is 2. The fourth-order valence-electron chi connectivity index (χ4n) is 11.1. The lowest BCUT2D eigenvalue weighted by Crippen LogP contribution is -2.66. The van der Waals surface area contributed by atoms with Gasteiger partial charge in [-0.25, -0.2) is 0 Å². The van der Waals surface area contributed by atoms with E-state index in [1.807, 2.05) is 0 Å². The van der Waals surface area contributed by atoms with Gasteiger partial charge in [0.2, 0.25) is 0 Å². The molecule has 0 N–H and O–H groups in total. The number of ketones is 1. The third kappa shape index (κ3) is 3.95. The Morgan fingerprint density at radius 2 is 1.65 bits per heavy atom. The van der Waals surface area contributed by atoms with Crippen LogP contribution < -0.4 is 0 Å². The molecule has 0 aliphatic heterocycles. The van der Waals surface area contributed by atoms with Gasteiger partial charge in [-0.1, -0.05) is 59.8 Å². The monoisotopic (exact) mass is 552 g/mol. The van der Waals surface area contributed by atoms with E-state index in [0.29, 0.717) is 5.92 Å². The Hall–Kier alpha value is -1.91. The van der Waals surface area contributed by atoms with Crippen LogP contribution in [0.25, 0.3) is 0 Å². The van der Waals surface area contributed by atoms with Crippen LogP contribution in [0, 0.1) is 50.2 Å². The van der Waals surface area contributed by atoms with Crippen LogP contribution in [0.2, 0.25) is 0 Å². The first-order valence-corrected chi connectivity index (χ1v) is 15.7. The minimum atomic E-state index is -0.546. The number of carbonyl (C=O) groups is 3. The molecule has 0 aromatic heterocycles. The molecule has 4 saturated carbocycles. The van der Waals surface area contributed by atoms with Crippen molar-refractivity contribution in [1.82, 2.24) is 0 Å². The second-order valence-electron chi connectivity index (χ2n) is 16.1. The quantitative estimate of drug-likeness (QED) is 0.265. The second kappa shape index (κ2) is 9.30. The smallest absolute Gasteiger partial charge is 0.312 e. The normalized spacial score (nSPS) is 47.4. The number of hydrogen-bond donors (Lipinski definition) is 0. The van der Waals surface area contributed by atoms with Gasteiger partial charge in [0, 0.05) is 18.3 Å². The van der Waals surface area contributed by atoms with Gasteiger partial charge in [0.05, 0.1) is 5.41 Å². The summed E-state index contributed by atoms with van der Waals surface area (Å²) in [4.78, 5) is 39.7. The highest BCUT2D eigenvalue weighted by Crippen LogP contribution is 2.75. The Bertz CT molecular complexity index is 1150. The van der Waals surface area contributed by atoms with Gasteiger partial charge < -0.3 is 9.47 Å². The van der Waals surface area contributed by atoms with E-state index < -0.39 is 5.41 Å². The summed E-state index contributed by atoms with van der Waals surface area (Å²) in [6.07, 6.45) is 12.1. The van der Waals surface area contributed by atoms with Gasteiger partial charge in [0.1, 0.15) is 12.7 Å². The molecular weight excluding hydrogens is 500 g/mol. The topological polar surface area (TPSA) is 69.7 Å². The summed E-state index contributed by atoms with van der Waals surface area (Å²) in [6, 6.07) is 0. The second-order valence-corrected chi connectivity index (χ2v) is 16.1. The van der Waals surface area contributed by atoms with Crippen molar-refractivity contribution in [2.24, 2.45) is 50.2 Å². The van der Waals surface area contributed by atoms with Crippen LogP contribution in [0.4, 0.5) is 0 Å². The van der Waals surface area contributed by atoms with Crippen molar-refractivity contribution in [2.45, 2.75) is 119 Å². The molecule has 0 bridgehead atoms. The maximum Gasteiger partial charge on any atom is 0.312 e. The highest BCUT2D eigenvalue weighted by atomic mass is 16.5. The van der Waals surface area contributed by atoms with Crippen LogP contribution in [0.5, 0.6) is 0 Å². The van der Waals surface area contributed by atoms with Gasteiger partial charge in [0.25, 0.3) is 0 Å². The van der Waals surface area contributed by atoms with E-state index in [4.69, 9.17) is 9.47 Å². The molecule has 40 heavy (non-hydrogen) atoms. The van der Waals surface area contributed by atoms with Crippen molar-refractivity contribution in [3.8, 4) is 0 Å². The number of ether oxygens (including phenoxy) is 2. The van der Waals surface area contributed by atoms with Gasteiger partial charge in [-0.3, -0.25) is 14.4 Å². The summed E-state index contributed by atoms with van der Waals surface area (Å²) in [6.45, 7) is 21.6. The fourth-order valence-corrected chi connectivity index (χ4v) is 11.1. The Balaban J connectivity index is 1.54. The van der Waals surface area contributed by atoms with E-state index >= 15 is 0 Å². The summed E-state index contributed by atoms with van der Waals surface area (Å²) < 4.78 is 11.4. The SMILES string of the molecule is C=CCOC(=O)[C@@]1(C)CC[C@]2(C)CC[C@@]3(C)C(=CC(=O)[C@@H]4[C@]5(C)CC[C@@H](OC(C)=O)C(C)(C)[C@H]5CC[C@]43C)[C@H]2C1. The van der Waals surface area contributed by atoms with Crippen LogP contribution >= 0.6 is 0 Å². The minimum absolute atomic E-state index is 0.0538. The maximum atomic E-state index is 14.5. The molecular formula is C35H52O5. The lowest BCUT2D eigenvalue weighted by molar-refractivity contribution is -0.210. The summed E-state index contributed by atoms with van der Waals surface area (Å²) in [5.74, 6) is 0.397. The van der Waals surface area contributed by atoms with E-state index in [0.717, 1.165) is 57.8 Å². The Morgan fingerprint density at radius 1 is 0.975 bits per heavy atom. The third-order valence-corrected chi connectivity index (χ3v) is 13.6. The van der Waals surface area contributed by atoms with Crippen LogP contribution in [0.1, 0.15) is 113 Å². The summed E-state index contributed by atoms with van der Waals surface area (Å²) in [5, 5.41) is 0. The molecule has 0 heterocycles. The molecule has 5 rings (SSSR count). The van der Waals surface area contributed by atoms with Crippen molar-refractivity contribution in [3.05, 3.63) is 24.3 Å². The molecule has 0 spiro atoms. The average Bonchev–Trinajstić information content (AvgIpc) is 2.86. The molecule has 5 nitrogen and oxygen atoms in total. The van der Waals surface area contributed by atoms with Crippen molar-refractivity contribution in [3.63, 3.8) is 0 Å². The van der Waals surface area contributed by atoms with Gasteiger partial charge in [-0.05, 0) is 104 Å². The molecule has 0 radical (unpaired) electrons. The van der Waals surface area contributed by atoms with Gasteiger partial charge in [-0.2, -0.15) is 0 Å². The number of hydrogen-bond acceptors (Lipinski definition) is 5. The standard InChI is InChI=1S/C35H52O5/c1-10-19-39-29(38)32(6)16-15-31(5)17-18-34(8)23(24(31)21-32)20-25(37)28-33(7)13-12-27(40-22(2)36)30(3,4)26(33)11-14-35(28,34)9/h10,20,24,26-28H,1,11-19,21H2,2-9H3/t24-,26-,27-,28-,31-,32+,33-,34+,35-/m1/s1. The first kappa shape index (κ1) is 29.6. The van der Waals surface area contributed by atoms with Crippen molar-refractivity contribution in [1.29, 1.82) is 0 Å². The molecule has 0 unspecified atom stereocenters. The average molecular weight is 553 g/mol. The zero-order valence-corrected chi connectivity index (χ0v) is 26.3. The summed E-state index contributed by atoms with van der Waals surface area (Å²) in [7, 11) is 0. The lowest BCUT2D eigenvalue weighted by atomic mass is 9.33. The Labute approximate surface area is 241 Å². The molecule has 0 aromatic carbocycles. The molecule has 4 fully saturated rings. The van der Waals surface area contributed by atoms with Crippen LogP contribution in [0.15, 0.2) is 24.3 Å². The first-order valence-electron chi connectivity index (χ1n) is 15.7. The molecule has 9 atom stereocenters. The molecule has 5 heteroatoms. The summed E-state index contributed by atoms with van der Waals surface area (Å²) >= 11 is 0. The largest absolute Gasteiger partial charge is 0.462 e. The first-order chi connectivity index (χ1) is 18.5. The third-order valence-electron chi connectivity index (χ3n) is 13.6. The molecule has 5 aliphatic rings. The zero-order valence-electron chi connectivity index (χ0n) is 26.3. The lowest BCUT2D eigenvalue weighted by Gasteiger charge is -2.70. The van der Waals surface area contributed by atoms with E-state index in [2.05, 4.69) is 61.1 Å². The number of esters is 2. The van der Waals surface area contributed by atoms with Crippen LogP contribution in [0.3, 0.4) is 0 Å². The van der Waals surface area contributed by atoms with Crippen LogP contribution in [-0.2, 0) is 23.9 Å². The van der Waals surface area contributed by atoms with Crippen molar-refractivity contribution >= 4 is 17.7 Å². The maximum absolute atomic E-state index is 14.5. The zero-order chi connectivity index (χ0) is 29.5. The van der Waals surface area contributed by atoms with Gasteiger partial charge >= 0.3 is 11.9 Å². The van der Waals surface area contributed by atoms with E-state index in [9.17, 15) is 14.4 Å². The van der Waals surface area contributed by atoms with E-state index in [1.54, 1.807) is 6.08 Å². The summed E-state index contributed by atoms with van der Waals surface area (Å²) in [5.41, 5.74) is 0.279. The fraction of sp³-hybridized carbons (Fsp3) is 0.800. The predicted molar refractivity (Wildman–Crippen MR) is 156 cm³/mol. The Kier molecular flexibility index (Phi) is 6.87. The highest BCUT2D eigenvalue weighted by Gasteiger charge is 2.70. The van der Waals surface area contributed by atoms with Crippen LogP contribution in [-0.4, -0.2) is 30.4 Å². The van der Waals surface area contributed by atoms with E-state index in [1.165, 1.54) is 12.5 Å². The minimum Gasteiger partial charge on any atom is -0.462 e. The van der Waals surface area contributed by atoms with Crippen molar-refractivity contribution < 1.29 is 23.9 Å². The highest BCUT2D eigenvalue weighted by molar-refractivity contribution is 5.95. The molecule has 0 aromatic rings. The predicted octanol–water partition coefficient (Wildman–Crippen LogP) is 7.63. The number of carbonyl (C=O) groups excluding carboxylic acids is 3. The van der Waals surface area contributed by atoms with E-state index in [-0.39, 0.29) is 69.3 Å². The number of fused-ring (bicyclic) bond motifs is 7. The molecule has 222 valence electrons. The molecule has 5 aliphatic carbocycles. The Morgan fingerprint density at radius 3 is 2.30 bits per heavy atom.